The quantitative estimate of drug-likeness (QED) is 0.650. The van der Waals surface area contributed by atoms with E-state index in [1.165, 1.54) is 33.3 Å². The number of amides is 2. The van der Waals surface area contributed by atoms with Crippen LogP contribution in [0.2, 0.25) is 0 Å². The van der Waals surface area contributed by atoms with E-state index in [0.717, 1.165) is 11.1 Å². The number of para-hydroxylation sites is 1. The second kappa shape index (κ2) is 7.20. The van der Waals surface area contributed by atoms with Crippen molar-refractivity contribution in [3.05, 3.63) is 81.8 Å². The third kappa shape index (κ3) is 2.99. The number of halogens is 1. The smallest absolute Gasteiger partial charge is 0.256 e. The summed E-state index contributed by atoms with van der Waals surface area (Å²) in [5, 5.41) is 1.85. The molecule has 6 heteroatoms. The lowest BCUT2D eigenvalue weighted by atomic mass is 10.0. The SMILES string of the molecule is Cc1cccc(N2CC(=O)N(c3ccccc3F)C(c3cccs3)C2=O)c1C. The molecule has 1 fully saturated rings. The summed E-state index contributed by atoms with van der Waals surface area (Å²) in [5.41, 5.74) is 2.84. The second-order valence-corrected chi connectivity index (χ2v) is 7.76. The van der Waals surface area contributed by atoms with Crippen LogP contribution in [-0.4, -0.2) is 18.4 Å². The highest BCUT2D eigenvalue weighted by Gasteiger charge is 2.43. The van der Waals surface area contributed by atoms with Gasteiger partial charge in [0.15, 0.2) is 6.04 Å². The Bertz CT molecular complexity index is 1050. The van der Waals surface area contributed by atoms with Crippen LogP contribution in [0.4, 0.5) is 15.8 Å². The van der Waals surface area contributed by atoms with Gasteiger partial charge in [-0.2, -0.15) is 0 Å². The van der Waals surface area contributed by atoms with Crippen molar-refractivity contribution in [2.24, 2.45) is 0 Å². The molecule has 1 aliphatic rings. The molecule has 3 aromatic rings. The molecule has 1 atom stereocenters. The van der Waals surface area contributed by atoms with Gasteiger partial charge in [-0.05, 0) is 54.6 Å². The Morgan fingerprint density at radius 1 is 0.964 bits per heavy atom. The average Bonchev–Trinajstić information content (AvgIpc) is 3.20. The van der Waals surface area contributed by atoms with Crippen molar-refractivity contribution < 1.29 is 14.0 Å². The lowest BCUT2D eigenvalue weighted by molar-refractivity contribution is -0.128. The van der Waals surface area contributed by atoms with Gasteiger partial charge < -0.3 is 4.90 Å². The number of piperazine rings is 1. The topological polar surface area (TPSA) is 40.6 Å². The van der Waals surface area contributed by atoms with E-state index in [9.17, 15) is 14.0 Å². The lowest BCUT2D eigenvalue weighted by Crippen LogP contribution is -2.56. The molecule has 2 aromatic carbocycles. The predicted octanol–water partition coefficient (Wildman–Crippen LogP) is 4.63. The zero-order valence-electron chi connectivity index (χ0n) is 15.6. The van der Waals surface area contributed by atoms with Gasteiger partial charge in [0, 0.05) is 10.6 Å². The van der Waals surface area contributed by atoms with Crippen molar-refractivity contribution in [3.63, 3.8) is 0 Å². The van der Waals surface area contributed by atoms with Gasteiger partial charge in [-0.3, -0.25) is 14.5 Å². The molecule has 142 valence electrons. The van der Waals surface area contributed by atoms with E-state index in [1.807, 2.05) is 43.5 Å². The van der Waals surface area contributed by atoms with Crippen LogP contribution in [0.25, 0.3) is 0 Å². The van der Waals surface area contributed by atoms with Gasteiger partial charge in [-0.25, -0.2) is 4.39 Å². The molecule has 2 amide bonds. The first kappa shape index (κ1) is 18.4. The minimum absolute atomic E-state index is 0.125. The maximum Gasteiger partial charge on any atom is 0.256 e. The van der Waals surface area contributed by atoms with Crippen LogP contribution in [0.15, 0.2) is 60.0 Å². The molecule has 2 heterocycles. The first-order valence-corrected chi connectivity index (χ1v) is 9.84. The van der Waals surface area contributed by atoms with Crippen molar-refractivity contribution in [1.82, 2.24) is 0 Å². The second-order valence-electron chi connectivity index (χ2n) is 6.78. The maximum absolute atomic E-state index is 14.5. The van der Waals surface area contributed by atoms with Crippen LogP contribution in [0, 0.1) is 19.7 Å². The van der Waals surface area contributed by atoms with E-state index in [-0.39, 0.29) is 24.0 Å². The van der Waals surface area contributed by atoms with E-state index in [2.05, 4.69) is 0 Å². The molecule has 28 heavy (non-hydrogen) atoms. The molecule has 0 radical (unpaired) electrons. The number of carbonyl (C=O) groups is 2. The van der Waals surface area contributed by atoms with Crippen LogP contribution in [0.5, 0.6) is 0 Å². The van der Waals surface area contributed by atoms with E-state index >= 15 is 0 Å². The van der Waals surface area contributed by atoms with Gasteiger partial charge >= 0.3 is 0 Å². The summed E-state index contributed by atoms with van der Waals surface area (Å²) in [4.78, 5) is 30.2. The fourth-order valence-corrected chi connectivity index (χ4v) is 4.35. The monoisotopic (exact) mass is 394 g/mol. The molecule has 1 unspecified atom stereocenters. The number of carbonyl (C=O) groups excluding carboxylic acids is 2. The number of anilines is 2. The Balaban J connectivity index is 1.84. The molecule has 0 N–H and O–H groups in total. The summed E-state index contributed by atoms with van der Waals surface area (Å²) >= 11 is 1.38. The fourth-order valence-electron chi connectivity index (χ4n) is 3.54. The van der Waals surface area contributed by atoms with Gasteiger partial charge in [0.2, 0.25) is 5.91 Å². The number of benzene rings is 2. The number of rotatable bonds is 3. The summed E-state index contributed by atoms with van der Waals surface area (Å²) < 4.78 is 14.5. The predicted molar refractivity (Wildman–Crippen MR) is 109 cm³/mol. The average molecular weight is 394 g/mol. The number of hydrogen-bond donors (Lipinski definition) is 0. The highest BCUT2D eigenvalue weighted by molar-refractivity contribution is 7.10. The zero-order valence-corrected chi connectivity index (χ0v) is 16.4. The normalized spacial score (nSPS) is 17.3. The summed E-state index contributed by atoms with van der Waals surface area (Å²) in [6.45, 7) is 3.78. The summed E-state index contributed by atoms with van der Waals surface area (Å²) in [6.07, 6.45) is 0. The highest BCUT2D eigenvalue weighted by atomic mass is 32.1. The molecular formula is C22H19FN2O2S. The molecule has 1 aromatic heterocycles. The largest absolute Gasteiger partial charge is 0.301 e. The molecule has 4 rings (SSSR count). The van der Waals surface area contributed by atoms with Gasteiger partial charge in [0.25, 0.3) is 5.91 Å². The Kier molecular flexibility index (Phi) is 4.73. The number of thiophene rings is 1. The van der Waals surface area contributed by atoms with Crippen LogP contribution >= 0.6 is 11.3 Å². The maximum atomic E-state index is 14.5. The summed E-state index contributed by atoms with van der Waals surface area (Å²) in [7, 11) is 0. The Morgan fingerprint density at radius 2 is 1.71 bits per heavy atom. The molecule has 4 nitrogen and oxygen atoms in total. The lowest BCUT2D eigenvalue weighted by Gasteiger charge is -2.40. The zero-order chi connectivity index (χ0) is 19.8. The number of aryl methyl sites for hydroxylation is 1. The highest BCUT2D eigenvalue weighted by Crippen LogP contribution is 2.38. The molecule has 0 saturated carbocycles. The third-order valence-corrected chi connectivity index (χ3v) is 6.04. The summed E-state index contributed by atoms with van der Waals surface area (Å²) in [6, 6.07) is 14.5. The van der Waals surface area contributed by atoms with Crippen LogP contribution in [0.1, 0.15) is 22.0 Å². The minimum atomic E-state index is -0.891. The van der Waals surface area contributed by atoms with Gasteiger partial charge in [0.05, 0.1) is 5.69 Å². The van der Waals surface area contributed by atoms with E-state index in [1.54, 1.807) is 18.2 Å². The van der Waals surface area contributed by atoms with Crippen molar-refractivity contribution in [2.45, 2.75) is 19.9 Å². The number of nitrogens with zero attached hydrogens (tertiary/aromatic N) is 2. The standard InChI is InChI=1S/C22H19FN2O2S/c1-14-7-5-10-17(15(14)2)24-13-20(26)25(18-9-4-3-8-16(18)23)21(22(24)27)19-11-6-12-28-19/h3-12,21H,13H2,1-2H3. The van der Waals surface area contributed by atoms with Crippen LogP contribution in [-0.2, 0) is 9.59 Å². The minimum Gasteiger partial charge on any atom is -0.301 e. The molecular weight excluding hydrogens is 375 g/mol. The first-order valence-electron chi connectivity index (χ1n) is 8.96. The Morgan fingerprint density at radius 3 is 2.43 bits per heavy atom. The van der Waals surface area contributed by atoms with Gasteiger partial charge in [-0.1, -0.05) is 30.3 Å². The molecule has 1 aliphatic heterocycles. The van der Waals surface area contributed by atoms with Crippen molar-refractivity contribution >= 4 is 34.5 Å². The van der Waals surface area contributed by atoms with Crippen molar-refractivity contribution in [3.8, 4) is 0 Å². The van der Waals surface area contributed by atoms with Crippen molar-refractivity contribution in [2.75, 3.05) is 16.3 Å². The Labute approximate surface area is 166 Å². The third-order valence-electron chi connectivity index (χ3n) is 5.11. The Hall–Kier alpha value is -2.99. The first-order chi connectivity index (χ1) is 13.5. The molecule has 0 spiro atoms. The van der Waals surface area contributed by atoms with E-state index in [0.29, 0.717) is 10.6 Å². The fraction of sp³-hybridized carbons (Fsp3) is 0.182. The number of hydrogen-bond acceptors (Lipinski definition) is 3. The summed E-state index contributed by atoms with van der Waals surface area (Å²) in [5.74, 6) is -1.08. The van der Waals surface area contributed by atoms with E-state index in [4.69, 9.17) is 0 Å². The van der Waals surface area contributed by atoms with Crippen LogP contribution in [0.3, 0.4) is 0 Å². The molecule has 0 aliphatic carbocycles. The molecule has 1 saturated heterocycles. The molecule has 0 bridgehead atoms. The van der Waals surface area contributed by atoms with Crippen molar-refractivity contribution in [1.29, 1.82) is 0 Å². The van der Waals surface area contributed by atoms with Gasteiger partial charge in [-0.15, -0.1) is 11.3 Å². The van der Waals surface area contributed by atoms with Gasteiger partial charge in [0.1, 0.15) is 12.4 Å². The van der Waals surface area contributed by atoms with Crippen LogP contribution < -0.4 is 9.80 Å². The van der Waals surface area contributed by atoms with E-state index < -0.39 is 11.9 Å².